The lowest BCUT2D eigenvalue weighted by Crippen LogP contribution is -2.33. The normalized spacial score (nSPS) is 18.9. The third kappa shape index (κ3) is 2.41. The van der Waals surface area contributed by atoms with E-state index in [9.17, 15) is 14.7 Å². The summed E-state index contributed by atoms with van der Waals surface area (Å²) in [7, 11) is 0. The second kappa shape index (κ2) is 4.65. The molecule has 1 saturated carbocycles. The van der Waals surface area contributed by atoms with Gasteiger partial charge < -0.3 is 20.8 Å². The van der Waals surface area contributed by atoms with Gasteiger partial charge in [-0.15, -0.1) is 0 Å². The van der Waals surface area contributed by atoms with Gasteiger partial charge >= 0.3 is 12.0 Å². The number of benzene rings is 1. The summed E-state index contributed by atoms with van der Waals surface area (Å²) in [5, 5.41) is 24.1. The van der Waals surface area contributed by atoms with Crippen molar-refractivity contribution < 1.29 is 19.8 Å². The van der Waals surface area contributed by atoms with Crippen molar-refractivity contribution in [1.82, 2.24) is 5.32 Å². The Labute approximate surface area is 123 Å². The zero-order valence-corrected chi connectivity index (χ0v) is 12.5. The maximum absolute atomic E-state index is 12.0. The number of phenols is 1. The molecule has 2 amide bonds. The van der Waals surface area contributed by atoms with E-state index in [4.69, 9.17) is 5.11 Å². The molecule has 1 aromatic carbocycles. The number of anilines is 1. The Bertz CT molecular complexity index is 594. The van der Waals surface area contributed by atoms with Crippen molar-refractivity contribution in [3.8, 4) is 5.75 Å². The highest BCUT2D eigenvalue weighted by molar-refractivity contribution is 5.97. The number of para-hydroxylation sites is 1. The first-order valence-corrected chi connectivity index (χ1v) is 6.72. The molecule has 21 heavy (non-hydrogen) atoms. The first kappa shape index (κ1) is 15.2. The van der Waals surface area contributed by atoms with Gasteiger partial charge in [-0.2, -0.15) is 0 Å². The molecule has 1 aliphatic carbocycles. The van der Waals surface area contributed by atoms with Gasteiger partial charge in [0.05, 0.1) is 5.69 Å². The number of carbonyl (C=O) groups is 2. The maximum atomic E-state index is 12.0. The topological polar surface area (TPSA) is 98.7 Å². The van der Waals surface area contributed by atoms with Crippen molar-refractivity contribution in [3.63, 3.8) is 0 Å². The van der Waals surface area contributed by atoms with Crippen LogP contribution in [0.1, 0.15) is 38.1 Å². The molecule has 0 saturated heterocycles. The van der Waals surface area contributed by atoms with Crippen LogP contribution in [0, 0.1) is 10.8 Å². The van der Waals surface area contributed by atoms with Gasteiger partial charge in [-0.05, 0) is 23.0 Å². The molecule has 0 atom stereocenters. The fourth-order valence-corrected chi connectivity index (χ4v) is 2.66. The van der Waals surface area contributed by atoms with Crippen LogP contribution in [-0.2, 0) is 0 Å². The van der Waals surface area contributed by atoms with Crippen molar-refractivity contribution >= 4 is 17.7 Å². The van der Waals surface area contributed by atoms with Crippen LogP contribution in [-0.4, -0.2) is 28.3 Å². The minimum Gasteiger partial charge on any atom is -0.505 e. The molecule has 0 aliphatic heterocycles. The van der Waals surface area contributed by atoms with E-state index in [0.717, 1.165) is 0 Å². The maximum Gasteiger partial charge on any atom is 0.339 e. The molecule has 0 radical (unpaired) electrons. The molecule has 0 bridgehead atoms. The van der Waals surface area contributed by atoms with Crippen LogP contribution in [0.15, 0.2) is 18.2 Å². The standard InChI is InChI=1S/C15H20N2O4/c1-14(2)12(15(14,3)4)17-13(21)16-9-7-5-6-8(10(9)18)11(19)20/h5-7,12,18H,1-4H3,(H,19,20)(H2,16,17,21). The monoisotopic (exact) mass is 292 g/mol. The van der Waals surface area contributed by atoms with Gasteiger partial charge in [0.2, 0.25) is 0 Å². The third-order valence-electron chi connectivity index (χ3n) is 4.81. The number of carboxylic acids is 1. The second-order valence-corrected chi connectivity index (χ2v) is 6.48. The SMILES string of the molecule is CC1(C)C(NC(=O)Nc2cccc(C(=O)O)c2O)C1(C)C. The van der Waals surface area contributed by atoms with Gasteiger partial charge in [0.25, 0.3) is 0 Å². The molecule has 1 aliphatic rings. The number of hydrogen-bond donors (Lipinski definition) is 4. The zero-order valence-electron chi connectivity index (χ0n) is 12.5. The second-order valence-electron chi connectivity index (χ2n) is 6.48. The molecule has 6 nitrogen and oxygen atoms in total. The smallest absolute Gasteiger partial charge is 0.339 e. The average molecular weight is 292 g/mol. The number of aromatic carboxylic acids is 1. The molecule has 4 N–H and O–H groups in total. The summed E-state index contributed by atoms with van der Waals surface area (Å²) in [5.74, 6) is -1.70. The lowest BCUT2D eigenvalue weighted by Gasteiger charge is -2.11. The quantitative estimate of drug-likeness (QED) is 0.644. The number of rotatable bonds is 3. The molecule has 0 unspecified atom stereocenters. The average Bonchev–Trinajstić information content (AvgIpc) is 2.74. The molecule has 0 spiro atoms. The van der Waals surface area contributed by atoms with Crippen molar-refractivity contribution in [1.29, 1.82) is 0 Å². The number of carboxylic acid groups (broad SMARTS) is 1. The summed E-state index contributed by atoms with van der Waals surface area (Å²) in [4.78, 5) is 22.9. The highest BCUT2D eigenvalue weighted by Gasteiger charge is 2.65. The fourth-order valence-electron chi connectivity index (χ4n) is 2.66. The molecule has 1 fully saturated rings. The fraction of sp³-hybridized carbons (Fsp3) is 0.467. The minimum absolute atomic E-state index is 0.00467. The molecule has 1 aromatic rings. The summed E-state index contributed by atoms with van der Waals surface area (Å²) in [6, 6.07) is 3.74. The van der Waals surface area contributed by atoms with Crippen molar-refractivity contribution in [2.24, 2.45) is 10.8 Å². The summed E-state index contributed by atoms with van der Waals surface area (Å²) >= 11 is 0. The van der Waals surface area contributed by atoms with E-state index in [2.05, 4.69) is 38.3 Å². The van der Waals surface area contributed by atoms with E-state index in [0.29, 0.717) is 0 Å². The van der Waals surface area contributed by atoms with E-state index in [1.54, 1.807) is 0 Å². The highest BCUT2D eigenvalue weighted by atomic mass is 16.4. The first-order valence-electron chi connectivity index (χ1n) is 6.72. The number of aromatic hydroxyl groups is 1. The summed E-state index contributed by atoms with van der Waals surface area (Å²) < 4.78 is 0. The number of nitrogens with one attached hydrogen (secondary N) is 2. The van der Waals surface area contributed by atoms with Gasteiger partial charge in [-0.1, -0.05) is 33.8 Å². The Balaban J connectivity index is 2.08. The van der Waals surface area contributed by atoms with Gasteiger partial charge in [0.1, 0.15) is 5.56 Å². The Morgan fingerprint density at radius 3 is 2.19 bits per heavy atom. The highest BCUT2D eigenvalue weighted by Crippen LogP contribution is 2.62. The number of hydrogen-bond acceptors (Lipinski definition) is 3. The van der Waals surface area contributed by atoms with E-state index in [1.807, 2.05) is 0 Å². The van der Waals surface area contributed by atoms with E-state index < -0.39 is 17.7 Å². The van der Waals surface area contributed by atoms with Gasteiger partial charge in [0.15, 0.2) is 5.75 Å². The van der Waals surface area contributed by atoms with E-state index >= 15 is 0 Å². The van der Waals surface area contributed by atoms with Gasteiger partial charge in [-0.25, -0.2) is 9.59 Å². The largest absolute Gasteiger partial charge is 0.505 e. The van der Waals surface area contributed by atoms with E-state index in [1.165, 1.54) is 18.2 Å². The van der Waals surface area contributed by atoms with E-state index in [-0.39, 0.29) is 28.1 Å². The number of carbonyl (C=O) groups excluding carboxylic acids is 1. The minimum atomic E-state index is -1.25. The van der Waals surface area contributed by atoms with Crippen molar-refractivity contribution in [2.45, 2.75) is 33.7 Å². The Kier molecular flexibility index (Phi) is 3.35. The van der Waals surface area contributed by atoms with Gasteiger partial charge in [0, 0.05) is 6.04 Å². The Morgan fingerprint density at radius 2 is 1.71 bits per heavy atom. The lowest BCUT2D eigenvalue weighted by atomic mass is 10.0. The van der Waals surface area contributed by atoms with Crippen LogP contribution in [0.5, 0.6) is 5.75 Å². The van der Waals surface area contributed by atoms with Crippen molar-refractivity contribution in [3.05, 3.63) is 23.8 Å². The van der Waals surface area contributed by atoms with Gasteiger partial charge in [-0.3, -0.25) is 0 Å². The Morgan fingerprint density at radius 1 is 1.14 bits per heavy atom. The van der Waals surface area contributed by atoms with Crippen LogP contribution in [0.2, 0.25) is 0 Å². The summed E-state index contributed by atoms with van der Waals surface area (Å²) in [6.07, 6.45) is 0. The van der Waals surface area contributed by atoms with Crippen LogP contribution >= 0.6 is 0 Å². The Hall–Kier alpha value is -2.24. The summed E-state index contributed by atoms with van der Waals surface area (Å²) in [6.45, 7) is 8.28. The molecule has 0 aromatic heterocycles. The van der Waals surface area contributed by atoms with Crippen LogP contribution in [0.25, 0.3) is 0 Å². The molecule has 114 valence electrons. The predicted octanol–water partition coefficient (Wildman–Crippen LogP) is 2.65. The summed E-state index contributed by atoms with van der Waals surface area (Å²) in [5.41, 5.74) is -0.187. The molecule has 2 rings (SSSR count). The molecule has 0 heterocycles. The van der Waals surface area contributed by atoms with Crippen molar-refractivity contribution in [2.75, 3.05) is 5.32 Å². The number of urea groups is 1. The molecular weight excluding hydrogens is 272 g/mol. The lowest BCUT2D eigenvalue weighted by molar-refractivity contribution is 0.0693. The van der Waals surface area contributed by atoms with Crippen LogP contribution < -0.4 is 10.6 Å². The predicted molar refractivity (Wildman–Crippen MR) is 78.6 cm³/mol. The van der Waals surface area contributed by atoms with Crippen LogP contribution in [0.4, 0.5) is 10.5 Å². The zero-order chi connectivity index (χ0) is 16.0. The molecule has 6 heteroatoms. The van der Waals surface area contributed by atoms with Crippen LogP contribution in [0.3, 0.4) is 0 Å². The third-order valence-corrected chi connectivity index (χ3v) is 4.81. The molecular formula is C15H20N2O4. The first-order chi connectivity index (χ1) is 9.59. The number of amides is 2.